The van der Waals surface area contributed by atoms with Crippen LogP contribution in [0.3, 0.4) is 0 Å². The number of anilines is 1. The van der Waals surface area contributed by atoms with Crippen LogP contribution in [0, 0.1) is 0 Å². The Kier molecular flexibility index (Phi) is 7.13. The first-order valence-corrected chi connectivity index (χ1v) is 10.2. The molecule has 29 heavy (non-hydrogen) atoms. The van der Waals surface area contributed by atoms with Gasteiger partial charge in [-0.25, -0.2) is 0 Å². The van der Waals surface area contributed by atoms with Gasteiger partial charge in [0.15, 0.2) is 16.7 Å². The zero-order valence-electron chi connectivity index (χ0n) is 16.6. The molecule has 1 heterocycles. The highest BCUT2D eigenvalue weighted by Gasteiger charge is 2.29. The van der Waals surface area contributed by atoms with Gasteiger partial charge in [0.25, 0.3) is 0 Å². The van der Waals surface area contributed by atoms with E-state index in [1.165, 1.54) is 11.8 Å². The standard InChI is InChI=1S/C21H23N3O4S/c1-4-27-17-9-7-16(8-10-17)24-20(25)14-29-21(24)23-22-13-15-6-11-18(28-5-2)19(12-15)26-3/h6-13H,4-5,14H2,1-3H3/b22-13+,23-21-. The maximum Gasteiger partial charge on any atom is 0.243 e. The number of benzene rings is 2. The van der Waals surface area contributed by atoms with Crippen molar-refractivity contribution in [2.45, 2.75) is 13.8 Å². The molecular weight excluding hydrogens is 390 g/mol. The van der Waals surface area contributed by atoms with E-state index in [0.29, 0.717) is 35.6 Å². The highest BCUT2D eigenvalue weighted by atomic mass is 32.2. The highest BCUT2D eigenvalue weighted by molar-refractivity contribution is 8.15. The zero-order valence-corrected chi connectivity index (χ0v) is 17.4. The molecule has 1 saturated heterocycles. The van der Waals surface area contributed by atoms with Crippen molar-refractivity contribution in [1.82, 2.24) is 0 Å². The summed E-state index contributed by atoms with van der Waals surface area (Å²) in [5.74, 6) is 2.37. The molecule has 0 bridgehead atoms. The number of carbonyl (C=O) groups excluding carboxylic acids is 1. The molecular formula is C21H23N3O4S. The third kappa shape index (κ3) is 5.08. The second-order valence-corrected chi connectivity index (χ2v) is 6.86. The van der Waals surface area contributed by atoms with Gasteiger partial charge in [-0.3, -0.25) is 9.69 Å². The summed E-state index contributed by atoms with van der Waals surface area (Å²) in [6.07, 6.45) is 1.62. The minimum atomic E-state index is -0.0316. The van der Waals surface area contributed by atoms with Crippen LogP contribution in [0.4, 0.5) is 5.69 Å². The van der Waals surface area contributed by atoms with Crippen LogP contribution in [-0.2, 0) is 4.79 Å². The Hall–Kier alpha value is -3.00. The van der Waals surface area contributed by atoms with Gasteiger partial charge in [-0.1, -0.05) is 11.8 Å². The van der Waals surface area contributed by atoms with Crippen LogP contribution in [0.15, 0.2) is 52.7 Å². The van der Waals surface area contributed by atoms with E-state index >= 15 is 0 Å². The molecule has 0 spiro atoms. The molecule has 1 aliphatic heterocycles. The summed E-state index contributed by atoms with van der Waals surface area (Å²) in [5, 5.41) is 8.95. The summed E-state index contributed by atoms with van der Waals surface area (Å²) in [4.78, 5) is 13.9. The lowest BCUT2D eigenvalue weighted by Crippen LogP contribution is -2.28. The fourth-order valence-corrected chi connectivity index (χ4v) is 3.56. The van der Waals surface area contributed by atoms with Crippen LogP contribution in [0.2, 0.25) is 0 Å². The van der Waals surface area contributed by atoms with E-state index in [-0.39, 0.29) is 5.91 Å². The number of methoxy groups -OCH3 is 1. The molecule has 152 valence electrons. The number of rotatable bonds is 8. The summed E-state index contributed by atoms with van der Waals surface area (Å²) >= 11 is 1.36. The second kappa shape index (κ2) is 9.97. The largest absolute Gasteiger partial charge is 0.494 e. The van der Waals surface area contributed by atoms with E-state index in [1.807, 2.05) is 56.3 Å². The van der Waals surface area contributed by atoms with Crippen LogP contribution in [-0.4, -0.2) is 43.4 Å². The molecule has 0 aromatic heterocycles. The van der Waals surface area contributed by atoms with Gasteiger partial charge in [0, 0.05) is 0 Å². The molecule has 1 aliphatic rings. The summed E-state index contributed by atoms with van der Waals surface area (Å²) in [5.41, 5.74) is 1.55. The van der Waals surface area contributed by atoms with Gasteiger partial charge in [-0.15, -0.1) is 5.10 Å². The Labute approximate surface area is 174 Å². The summed E-state index contributed by atoms with van der Waals surface area (Å²) in [6.45, 7) is 5.00. The molecule has 8 heteroatoms. The fraction of sp³-hybridized carbons (Fsp3) is 0.286. The summed E-state index contributed by atoms with van der Waals surface area (Å²) in [7, 11) is 1.59. The Bertz CT molecular complexity index is 913. The fourth-order valence-electron chi connectivity index (χ4n) is 2.73. The molecule has 0 radical (unpaired) electrons. The highest BCUT2D eigenvalue weighted by Crippen LogP contribution is 2.29. The first-order valence-electron chi connectivity index (χ1n) is 9.26. The summed E-state index contributed by atoms with van der Waals surface area (Å²) in [6, 6.07) is 12.9. The maximum atomic E-state index is 12.3. The van der Waals surface area contributed by atoms with Gasteiger partial charge < -0.3 is 14.2 Å². The van der Waals surface area contributed by atoms with E-state index in [9.17, 15) is 4.79 Å². The van der Waals surface area contributed by atoms with E-state index in [4.69, 9.17) is 14.2 Å². The normalized spacial score (nSPS) is 15.3. The Balaban J connectivity index is 1.77. The van der Waals surface area contributed by atoms with Gasteiger partial charge in [0.1, 0.15) is 5.75 Å². The molecule has 0 aliphatic carbocycles. The molecule has 2 aromatic carbocycles. The molecule has 0 N–H and O–H groups in total. The molecule has 7 nitrogen and oxygen atoms in total. The predicted molar refractivity (Wildman–Crippen MR) is 117 cm³/mol. The zero-order chi connectivity index (χ0) is 20.6. The van der Waals surface area contributed by atoms with Gasteiger partial charge in [0.05, 0.1) is 38.0 Å². The molecule has 1 amide bonds. The van der Waals surface area contributed by atoms with Crippen molar-refractivity contribution in [3.05, 3.63) is 48.0 Å². The lowest BCUT2D eigenvalue weighted by atomic mass is 10.2. The number of carbonyl (C=O) groups is 1. The molecule has 3 rings (SSSR count). The molecule has 1 fully saturated rings. The smallest absolute Gasteiger partial charge is 0.243 e. The van der Waals surface area contributed by atoms with Crippen molar-refractivity contribution in [2.75, 3.05) is 31.0 Å². The monoisotopic (exact) mass is 413 g/mol. The van der Waals surface area contributed by atoms with Crippen molar-refractivity contribution in [3.63, 3.8) is 0 Å². The predicted octanol–water partition coefficient (Wildman–Crippen LogP) is 3.96. The Morgan fingerprint density at radius 1 is 1.07 bits per heavy atom. The van der Waals surface area contributed by atoms with Gasteiger partial charge in [-0.2, -0.15) is 5.10 Å². The number of nitrogens with zero attached hydrogens (tertiary/aromatic N) is 3. The van der Waals surface area contributed by atoms with E-state index < -0.39 is 0 Å². The molecule has 0 unspecified atom stereocenters. The average Bonchev–Trinajstić information content (AvgIpc) is 3.10. The molecule has 0 atom stereocenters. The van der Waals surface area contributed by atoms with Gasteiger partial charge in [-0.05, 0) is 61.9 Å². The topological polar surface area (TPSA) is 72.7 Å². The van der Waals surface area contributed by atoms with Gasteiger partial charge in [0.2, 0.25) is 5.91 Å². The average molecular weight is 413 g/mol. The number of thioether (sulfide) groups is 1. The van der Waals surface area contributed by atoms with E-state index in [2.05, 4.69) is 10.2 Å². The van der Waals surface area contributed by atoms with Crippen molar-refractivity contribution >= 4 is 34.7 Å². The molecule has 2 aromatic rings. The Morgan fingerprint density at radius 3 is 2.52 bits per heavy atom. The summed E-state index contributed by atoms with van der Waals surface area (Å²) < 4.78 is 16.3. The maximum absolute atomic E-state index is 12.3. The quantitative estimate of drug-likeness (QED) is 0.484. The van der Waals surface area contributed by atoms with Gasteiger partial charge >= 0.3 is 0 Å². The molecule has 0 saturated carbocycles. The second-order valence-electron chi connectivity index (χ2n) is 5.92. The van der Waals surface area contributed by atoms with Crippen molar-refractivity contribution < 1.29 is 19.0 Å². The van der Waals surface area contributed by atoms with Crippen molar-refractivity contribution in [1.29, 1.82) is 0 Å². The first kappa shape index (κ1) is 20.7. The Morgan fingerprint density at radius 2 is 1.83 bits per heavy atom. The first-order chi connectivity index (χ1) is 14.2. The number of amidine groups is 1. The lowest BCUT2D eigenvalue weighted by molar-refractivity contribution is -0.115. The third-order valence-electron chi connectivity index (χ3n) is 4.01. The van der Waals surface area contributed by atoms with Crippen LogP contribution in [0.25, 0.3) is 0 Å². The van der Waals surface area contributed by atoms with Crippen molar-refractivity contribution in [3.8, 4) is 17.2 Å². The van der Waals surface area contributed by atoms with E-state index in [0.717, 1.165) is 17.0 Å². The SMILES string of the molecule is CCOc1ccc(N2C(=O)CS/C2=N\N=C\c2ccc(OCC)c(OC)c2)cc1. The lowest BCUT2D eigenvalue weighted by Gasteiger charge is -2.15. The minimum Gasteiger partial charge on any atom is -0.494 e. The number of hydrogen-bond acceptors (Lipinski definition) is 7. The van der Waals surface area contributed by atoms with Crippen LogP contribution in [0.1, 0.15) is 19.4 Å². The van der Waals surface area contributed by atoms with Crippen LogP contribution >= 0.6 is 11.8 Å². The van der Waals surface area contributed by atoms with Crippen LogP contribution in [0.5, 0.6) is 17.2 Å². The minimum absolute atomic E-state index is 0.0316. The van der Waals surface area contributed by atoms with Crippen LogP contribution < -0.4 is 19.1 Å². The van der Waals surface area contributed by atoms with E-state index in [1.54, 1.807) is 18.2 Å². The number of ether oxygens (including phenoxy) is 3. The third-order valence-corrected chi connectivity index (χ3v) is 4.92. The number of hydrogen-bond donors (Lipinski definition) is 0. The number of amides is 1. The van der Waals surface area contributed by atoms with Crippen molar-refractivity contribution in [2.24, 2.45) is 10.2 Å².